The molecule has 0 aromatic carbocycles. The Balaban J connectivity index is 1.72. The topological polar surface area (TPSA) is 79.2 Å². The van der Waals surface area contributed by atoms with Gasteiger partial charge in [-0.3, -0.25) is 4.68 Å². The minimum absolute atomic E-state index is 0.213. The van der Waals surface area contributed by atoms with Gasteiger partial charge in [0, 0.05) is 25.8 Å². The highest BCUT2D eigenvalue weighted by Gasteiger charge is 2.31. The second-order valence-electron chi connectivity index (χ2n) is 6.06. The number of amides is 2. The summed E-state index contributed by atoms with van der Waals surface area (Å²) in [7, 11) is 1.92. The first-order valence-electron chi connectivity index (χ1n) is 7.64. The third-order valence-corrected chi connectivity index (χ3v) is 4.43. The van der Waals surface area contributed by atoms with Crippen LogP contribution in [0.5, 0.6) is 0 Å². The fourth-order valence-corrected chi connectivity index (χ4v) is 3.00. The molecule has 2 amide bonds. The Morgan fingerprint density at radius 2 is 2.00 bits per heavy atom. The summed E-state index contributed by atoms with van der Waals surface area (Å²) < 4.78 is 1.86. The van der Waals surface area contributed by atoms with Crippen molar-refractivity contribution >= 4 is 6.03 Å². The van der Waals surface area contributed by atoms with Gasteiger partial charge in [0.15, 0.2) is 0 Å². The van der Waals surface area contributed by atoms with Crippen LogP contribution in [0.3, 0.4) is 0 Å². The predicted octanol–water partition coefficient (Wildman–Crippen LogP) is 1.18. The van der Waals surface area contributed by atoms with Gasteiger partial charge in [-0.25, -0.2) is 4.79 Å². The number of urea groups is 1. The molecular formula is C15H26N4O2. The van der Waals surface area contributed by atoms with E-state index in [0.717, 1.165) is 43.5 Å². The smallest absolute Gasteiger partial charge is 0.314 e. The van der Waals surface area contributed by atoms with Gasteiger partial charge in [-0.1, -0.05) is 12.8 Å². The molecule has 6 nitrogen and oxygen atoms in total. The molecule has 0 unspecified atom stereocenters. The summed E-state index contributed by atoms with van der Waals surface area (Å²) in [5.74, 6) is 0. The summed E-state index contributed by atoms with van der Waals surface area (Å²) >= 11 is 0. The molecule has 1 fully saturated rings. The van der Waals surface area contributed by atoms with E-state index in [1.54, 1.807) is 0 Å². The predicted molar refractivity (Wildman–Crippen MR) is 81.2 cm³/mol. The maximum Gasteiger partial charge on any atom is 0.314 e. The minimum Gasteiger partial charge on any atom is -0.388 e. The van der Waals surface area contributed by atoms with E-state index in [0.29, 0.717) is 13.1 Å². The third kappa shape index (κ3) is 3.97. The lowest BCUT2D eigenvalue weighted by Gasteiger charge is -2.22. The Bertz CT molecular complexity index is 504. The van der Waals surface area contributed by atoms with Crippen LogP contribution in [0.2, 0.25) is 0 Å². The van der Waals surface area contributed by atoms with Gasteiger partial charge in [0.2, 0.25) is 0 Å². The molecule has 0 atom stereocenters. The number of nitrogens with one attached hydrogen (secondary N) is 2. The zero-order valence-corrected chi connectivity index (χ0v) is 13.2. The summed E-state index contributed by atoms with van der Waals surface area (Å²) in [5.41, 5.74) is 2.63. The van der Waals surface area contributed by atoms with Crippen LogP contribution in [0, 0.1) is 13.8 Å². The molecule has 1 aliphatic rings. The fraction of sp³-hybridized carbons (Fsp3) is 0.733. The Labute approximate surface area is 125 Å². The van der Waals surface area contributed by atoms with Gasteiger partial charge in [0.05, 0.1) is 11.3 Å². The molecule has 3 N–H and O–H groups in total. The van der Waals surface area contributed by atoms with Crippen molar-refractivity contribution in [3.8, 4) is 0 Å². The lowest BCUT2D eigenvalue weighted by molar-refractivity contribution is 0.0501. The zero-order chi connectivity index (χ0) is 15.5. The van der Waals surface area contributed by atoms with Crippen LogP contribution >= 0.6 is 0 Å². The first-order chi connectivity index (χ1) is 9.91. The Morgan fingerprint density at radius 3 is 2.57 bits per heavy atom. The summed E-state index contributed by atoms with van der Waals surface area (Å²) in [4.78, 5) is 11.8. The maximum absolute atomic E-state index is 11.8. The number of aliphatic hydroxyl groups is 1. The number of carbonyl (C=O) groups is 1. The lowest BCUT2D eigenvalue weighted by Crippen LogP contribution is -2.45. The molecular weight excluding hydrogens is 268 g/mol. The van der Waals surface area contributed by atoms with E-state index in [1.165, 1.54) is 5.56 Å². The van der Waals surface area contributed by atoms with E-state index in [9.17, 15) is 9.90 Å². The highest BCUT2D eigenvalue weighted by molar-refractivity contribution is 5.73. The average Bonchev–Trinajstić information content (AvgIpc) is 2.96. The van der Waals surface area contributed by atoms with E-state index < -0.39 is 5.60 Å². The molecule has 0 spiro atoms. The van der Waals surface area contributed by atoms with Gasteiger partial charge in [-0.05, 0) is 38.7 Å². The largest absolute Gasteiger partial charge is 0.388 e. The molecule has 1 aromatic rings. The summed E-state index contributed by atoms with van der Waals surface area (Å²) in [6.45, 7) is 4.92. The van der Waals surface area contributed by atoms with Crippen LogP contribution in [0.25, 0.3) is 0 Å². The summed E-state index contributed by atoms with van der Waals surface area (Å²) in [6, 6.07) is -0.213. The molecule has 1 aromatic heterocycles. The van der Waals surface area contributed by atoms with E-state index in [2.05, 4.69) is 15.7 Å². The van der Waals surface area contributed by atoms with Gasteiger partial charge in [0.25, 0.3) is 0 Å². The van der Waals surface area contributed by atoms with Crippen molar-refractivity contribution in [3.63, 3.8) is 0 Å². The Morgan fingerprint density at radius 1 is 1.33 bits per heavy atom. The minimum atomic E-state index is -0.701. The van der Waals surface area contributed by atoms with Crippen molar-refractivity contribution in [1.82, 2.24) is 20.4 Å². The molecule has 1 saturated carbocycles. The first kappa shape index (κ1) is 15.8. The van der Waals surface area contributed by atoms with Gasteiger partial charge < -0.3 is 15.7 Å². The summed E-state index contributed by atoms with van der Waals surface area (Å²) in [6.07, 6.45) is 4.41. The van der Waals surface area contributed by atoms with E-state index in [-0.39, 0.29) is 6.03 Å². The SMILES string of the molecule is Cc1nn(C)c(C)c1CCNC(=O)NCC1(O)CCCC1. The van der Waals surface area contributed by atoms with E-state index in [4.69, 9.17) is 0 Å². The molecule has 1 aliphatic carbocycles. The molecule has 0 bridgehead atoms. The molecule has 118 valence electrons. The second kappa shape index (κ2) is 6.47. The van der Waals surface area contributed by atoms with Crippen LogP contribution in [-0.4, -0.2) is 39.6 Å². The molecule has 1 heterocycles. The van der Waals surface area contributed by atoms with Crippen molar-refractivity contribution < 1.29 is 9.90 Å². The normalized spacial score (nSPS) is 17.0. The standard InChI is InChI=1S/C15H26N4O2/c1-11-13(12(2)19(3)18-11)6-9-16-14(20)17-10-15(21)7-4-5-8-15/h21H,4-10H2,1-3H3,(H2,16,17,20). The van der Waals surface area contributed by atoms with Crippen molar-refractivity contribution in [2.45, 2.75) is 51.6 Å². The van der Waals surface area contributed by atoms with Crippen LogP contribution in [0.1, 0.15) is 42.6 Å². The highest BCUT2D eigenvalue weighted by atomic mass is 16.3. The molecule has 21 heavy (non-hydrogen) atoms. The molecule has 0 radical (unpaired) electrons. The lowest BCUT2D eigenvalue weighted by atomic mass is 10.0. The number of carbonyl (C=O) groups excluding carboxylic acids is 1. The number of hydrogen-bond donors (Lipinski definition) is 3. The molecule has 0 saturated heterocycles. The van der Waals surface area contributed by atoms with Crippen LogP contribution < -0.4 is 10.6 Å². The average molecular weight is 294 g/mol. The number of hydrogen-bond acceptors (Lipinski definition) is 3. The first-order valence-corrected chi connectivity index (χ1v) is 7.64. The van der Waals surface area contributed by atoms with Crippen LogP contribution in [0.15, 0.2) is 0 Å². The molecule has 0 aliphatic heterocycles. The second-order valence-corrected chi connectivity index (χ2v) is 6.06. The van der Waals surface area contributed by atoms with E-state index in [1.807, 2.05) is 25.6 Å². The van der Waals surface area contributed by atoms with Crippen molar-refractivity contribution in [2.24, 2.45) is 7.05 Å². The number of rotatable bonds is 5. The van der Waals surface area contributed by atoms with Crippen LogP contribution in [0.4, 0.5) is 4.79 Å². The van der Waals surface area contributed by atoms with Crippen molar-refractivity contribution in [2.75, 3.05) is 13.1 Å². The monoisotopic (exact) mass is 294 g/mol. The number of aryl methyl sites for hydroxylation is 2. The molecule has 6 heteroatoms. The van der Waals surface area contributed by atoms with Gasteiger partial charge in [-0.15, -0.1) is 0 Å². The fourth-order valence-electron chi connectivity index (χ4n) is 3.00. The van der Waals surface area contributed by atoms with Gasteiger partial charge in [-0.2, -0.15) is 5.10 Å². The van der Waals surface area contributed by atoms with Crippen molar-refractivity contribution in [1.29, 1.82) is 0 Å². The number of nitrogens with zero attached hydrogens (tertiary/aromatic N) is 2. The van der Waals surface area contributed by atoms with E-state index >= 15 is 0 Å². The maximum atomic E-state index is 11.8. The number of aromatic nitrogens is 2. The Kier molecular flexibility index (Phi) is 4.88. The highest BCUT2D eigenvalue weighted by Crippen LogP contribution is 2.28. The third-order valence-electron chi connectivity index (χ3n) is 4.43. The van der Waals surface area contributed by atoms with Gasteiger partial charge >= 0.3 is 6.03 Å². The quantitative estimate of drug-likeness (QED) is 0.763. The molecule has 2 rings (SSSR count). The zero-order valence-electron chi connectivity index (χ0n) is 13.2. The van der Waals surface area contributed by atoms with Crippen molar-refractivity contribution in [3.05, 3.63) is 17.0 Å². The summed E-state index contributed by atoms with van der Waals surface area (Å²) in [5, 5.41) is 20.1. The van der Waals surface area contributed by atoms with Crippen LogP contribution in [-0.2, 0) is 13.5 Å². The Hall–Kier alpha value is -1.56. The van der Waals surface area contributed by atoms with Gasteiger partial charge in [0.1, 0.15) is 0 Å².